The minimum Gasteiger partial charge on any atom is -0.306 e. The lowest BCUT2D eigenvalue weighted by Gasteiger charge is -2.41. The van der Waals surface area contributed by atoms with E-state index in [1.807, 2.05) is 25.2 Å². The summed E-state index contributed by atoms with van der Waals surface area (Å²) in [6.07, 6.45) is 5.22. The van der Waals surface area contributed by atoms with Crippen LogP contribution in [0.3, 0.4) is 0 Å². The van der Waals surface area contributed by atoms with Gasteiger partial charge < -0.3 is 4.90 Å². The molecule has 2 aliphatic heterocycles. The predicted octanol–water partition coefficient (Wildman–Crippen LogP) is 1.39. The van der Waals surface area contributed by atoms with E-state index in [4.69, 9.17) is 0 Å². The lowest BCUT2D eigenvalue weighted by molar-refractivity contribution is 0.108. The van der Waals surface area contributed by atoms with E-state index < -0.39 is 11.0 Å². The molecule has 6 heteroatoms. The Morgan fingerprint density at radius 1 is 1.26 bits per heavy atom. The highest BCUT2D eigenvalue weighted by atomic mass is 32.2. The molecule has 0 bridgehead atoms. The van der Waals surface area contributed by atoms with Gasteiger partial charge in [0.1, 0.15) is 17.3 Å². The van der Waals surface area contributed by atoms with Crippen molar-refractivity contribution < 1.29 is 4.21 Å². The lowest BCUT2D eigenvalue weighted by Crippen LogP contribution is -2.48. The molecule has 1 unspecified atom stereocenters. The van der Waals surface area contributed by atoms with Crippen molar-refractivity contribution in [2.24, 2.45) is 0 Å². The monoisotopic (exact) mass is 282 g/mol. The molecule has 1 spiro atoms. The van der Waals surface area contributed by atoms with Gasteiger partial charge in [0.25, 0.3) is 0 Å². The molecule has 106 valence electrons. The second-order valence-corrected chi connectivity index (χ2v) is 6.30. The third-order valence-electron chi connectivity index (χ3n) is 3.97. The number of rotatable bonds is 0. The van der Waals surface area contributed by atoms with Gasteiger partial charge in [0.2, 0.25) is 0 Å². The van der Waals surface area contributed by atoms with E-state index in [0.717, 1.165) is 36.5 Å². The Kier molecular flexibility index (Phi) is 4.32. The Morgan fingerprint density at radius 3 is 2.53 bits per heavy atom. The van der Waals surface area contributed by atoms with Gasteiger partial charge in [-0.05, 0) is 19.9 Å². The van der Waals surface area contributed by atoms with Gasteiger partial charge in [-0.15, -0.1) is 0 Å². The van der Waals surface area contributed by atoms with Crippen LogP contribution in [0.5, 0.6) is 0 Å². The molecule has 5 nitrogen and oxygen atoms in total. The molecule has 0 aliphatic carbocycles. The molecule has 3 rings (SSSR count). The van der Waals surface area contributed by atoms with Gasteiger partial charge >= 0.3 is 0 Å². The van der Waals surface area contributed by atoms with E-state index >= 15 is 0 Å². The molecule has 0 aromatic carbocycles. The lowest BCUT2D eigenvalue weighted by atomic mass is 9.84. The second-order valence-electron chi connectivity index (χ2n) is 4.82. The first-order valence-electron chi connectivity index (χ1n) is 6.80. The van der Waals surface area contributed by atoms with Crippen molar-refractivity contribution >= 4 is 11.0 Å². The number of hydrogen-bond acceptors (Lipinski definition) is 4. The van der Waals surface area contributed by atoms with Crippen molar-refractivity contribution in [3.63, 3.8) is 0 Å². The Labute approximate surface area is 117 Å². The number of hydrogen-bond donors (Lipinski definition) is 0. The molecule has 0 saturated carbocycles. The summed E-state index contributed by atoms with van der Waals surface area (Å²) in [5.41, 5.74) is 0.830. The molecule has 2 aliphatic rings. The average Bonchev–Trinajstić information content (AvgIpc) is 2.68. The van der Waals surface area contributed by atoms with Crippen LogP contribution in [0, 0.1) is 0 Å². The van der Waals surface area contributed by atoms with Crippen LogP contribution in [-0.2, 0) is 16.5 Å². The summed E-state index contributed by atoms with van der Waals surface area (Å²) in [4.78, 5) is 11.5. The average molecular weight is 282 g/mol. The minimum atomic E-state index is -1.10. The molecule has 0 N–H and O–H groups in total. The van der Waals surface area contributed by atoms with E-state index in [1.54, 1.807) is 12.5 Å². The van der Waals surface area contributed by atoms with Crippen LogP contribution in [-0.4, -0.2) is 50.6 Å². The van der Waals surface area contributed by atoms with E-state index in [0.29, 0.717) is 0 Å². The molecule has 1 saturated heterocycles. The summed E-state index contributed by atoms with van der Waals surface area (Å²) in [5, 5.41) is 0. The van der Waals surface area contributed by atoms with E-state index in [9.17, 15) is 4.21 Å². The fourth-order valence-corrected chi connectivity index (χ4v) is 4.23. The van der Waals surface area contributed by atoms with Crippen LogP contribution in [0.2, 0.25) is 0 Å². The molecule has 19 heavy (non-hydrogen) atoms. The molecule has 1 aromatic heterocycles. The van der Waals surface area contributed by atoms with Gasteiger partial charge in [-0.2, -0.15) is 0 Å². The van der Waals surface area contributed by atoms with E-state index in [-0.39, 0.29) is 5.54 Å². The Morgan fingerprint density at radius 2 is 1.89 bits per heavy atom. The molecule has 0 amide bonds. The van der Waals surface area contributed by atoms with Crippen molar-refractivity contribution in [2.75, 3.05) is 27.2 Å². The normalized spacial score (nSPS) is 25.8. The summed E-state index contributed by atoms with van der Waals surface area (Å²) >= 11 is 0. The summed E-state index contributed by atoms with van der Waals surface area (Å²) in [7, 11) is 2.96. The highest BCUT2D eigenvalue weighted by molar-refractivity contribution is 7.83. The van der Waals surface area contributed by atoms with Crippen molar-refractivity contribution in [2.45, 2.75) is 37.1 Å². The van der Waals surface area contributed by atoms with Crippen LogP contribution in [0.1, 0.15) is 32.4 Å². The summed E-state index contributed by atoms with van der Waals surface area (Å²) < 4.78 is 14.3. The minimum absolute atomic E-state index is 0.143. The maximum absolute atomic E-state index is 12.3. The Balaban J connectivity index is 0.000000637. The Bertz CT molecular complexity index is 471. The van der Waals surface area contributed by atoms with Gasteiger partial charge in [-0.25, -0.2) is 18.5 Å². The molecule has 0 radical (unpaired) electrons. The highest BCUT2D eigenvalue weighted by Crippen LogP contribution is 2.45. The standard InChI is InChI=1S/C11H16N4OS.C2H6/c1-14-5-3-11(4-6-14)10-9(7-12-8-13-10)17(16)15(11)2;1-2/h7-8H,3-6H2,1-2H3;1-2H3. The van der Waals surface area contributed by atoms with Gasteiger partial charge in [-0.1, -0.05) is 13.8 Å². The maximum Gasteiger partial charge on any atom is 0.131 e. The largest absolute Gasteiger partial charge is 0.306 e. The molecular weight excluding hydrogens is 260 g/mol. The van der Waals surface area contributed by atoms with Gasteiger partial charge in [0.15, 0.2) is 0 Å². The van der Waals surface area contributed by atoms with Crippen LogP contribution in [0.15, 0.2) is 17.4 Å². The third-order valence-corrected chi connectivity index (χ3v) is 5.50. The van der Waals surface area contributed by atoms with Gasteiger partial charge in [0, 0.05) is 26.3 Å². The fraction of sp³-hybridized carbons (Fsp3) is 0.692. The number of likely N-dealkylation sites (tertiary alicyclic amines) is 1. The second kappa shape index (κ2) is 5.64. The zero-order valence-electron chi connectivity index (χ0n) is 12.1. The summed E-state index contributed by atoms with van der Waals surface area (Å²) in [6, 6.07) is 0. The third kappa shape index (κ3) is 2.22. The molecule has 1 atom stereocenters. The van der Waals surface area contributed by atoms with Crippen molar-refractivity contribution in [3.8, 4) is 0 Å². The number of piperidine rings is 1. The molecule has 1 aromatic rings. The van der Waals surface area contributed by atoms with Gasteiger partial charge in [-0.3, -0.25) is 0 Å². The van der Waals surface area contributed by atoms with Crippen molar-refractivity contribution in [3.05, 3.63) is 18.2 Å². The first kappa shape index (κ1) is 14.6. The van der Waals surface area contributed by atoms with Crippen LogP contribution in [0.25, 0.3) is 0 Å². The zero-order chi connectivity index (χ0) is 14.0. The molecular formula is C13H22N4OS. The van der Waals surface area contributed by atoms with E-state index in [1.165, 1.54) is 0 Å². The Hall–Kier alpha value is -0.850. The number of aromatic nitrogens is 2. The van der Waals surface area contributed by atoms with Crippen LogP contribution in [0.4, 0.5) is 0 Å². The first-order valence-corrected chi connectivity index (χ1v) is 7.90. The summed E-state index contributed by atoms with van der Waals surface area (Å²) in [6.45, 7) is 6.04. The maximum atomic E-state index is 12.3. The highest BCUT2D eigenvalue weighted by Gasteiger charge is 2.50. The SMILES string of the molecule is CC.CN1CCC2(CC1)c1ncncc1S(=O)N2C. The smallest absolute Gasteiger partial charge is 0.131 e. The zero-order valence-corrected chi connectivity index (χ0v) is 12.9. The fourth-order valence-electron chi connectivity index (χ4n) is 2.79. The summed E-state index contributed by atoms with van der Waals surface area (Å²) in [5.74, 6) is 0. The van der Waals surface area contributed by atoms with E-state index in [2.05, 4.69) is 21.9 Å². The van der Waals surface area contributed by atoms with Crippen molar-refractivity contribution in [1.29, 1.82) is 0 Å². The van der Waals surface area contributed by atoms with Gasteiger partial charge in [0.05, 0.1) is 16.1 Å². The van der Waals surface area contributed by atoms with Crippen LogP contribution >= 0.6 is 0 Å². The predicted molar refractivity (Wildman–Crippen MR) is 76.0 cm³/mol. The number of nitrogens with zero attached hydrogens (tertiary/aromatic N) is 4. The van der Waals surface area contributed by atoms with Crippen molar-refractivity contribution in [1.82, 2.24) is 19.2 Å². The quantitative estimate of drug-likeness (QED) is 0.721. The molecule has 1 fully saturated rings. The topological polar surface area (TPSA) is 49.3 Å². The van der Waals surface area contributed by atoms with Crippen LogP contribution < -0.4 is 0 Å². The molecule has 3 heterocycles. The first-order chi connectivity index (χ1) is 9.15. The number of fused-ring (bicyclic) bond motifs is 2.